The minimum atomic E-state index is -0.366. The maximum absolute atomic E-state index is 10.9. The molecule has 0 aromatic heterocycles. The van der Waals surface area contributed by atoms with Gasteiger partial charge in [0.15, 0.2) is 0 Å². The molecule has 0 saturated heterocycles. The molecule has 0 heterocycles. The van der Waals surface area contributed by atoms with E-state index in [9.17, 15) is 4.79 Å². The monoisotopic (exact) mass is 180 g/mol. The number of hydrogen-bond acceptors (Lipinski definition) is 2. The molecule has 0 saturated carbocycles. The summed E-state index contributed by atoms with van der Waals surface area (Å²) in [4.78, 5) is 10.9. The molecule has 0 N–H and O–H groups in total. The van der Waals surface area contributed by atoms with Crippen LogP contribution in [0.2, 0.25) is 0 Å². The zero-order valence-corrected chi connectivity index (χ0v) is 8.25. The van der Waals surface area contributed by atoms with Gasteiger partial charge < -0.3 is 4.74 Å². The number of allylic oxidation sites excluding steroid dienone is 2. The van der Waals surface area contributed by atoms with E-state index in [0.717, 1.165) is 19.3 Å². The van der Waals surface area contributed by atoms with Gasteiger partial charge in [-0.2, -0.15) is 0 Å². The molecule has 1 aliphatic carbocycles. The number of ether oxygens (including phenoxy) is 1. The van der Waals surface area contributed by atoms with E-state index in [1.165, 1.54) is 6.92 Å². The maximum atomic E-state index is 10.9. The zero-order chi connectivity index (χ0) is 9.73. The fourth-order valence-electron chi connectivity index (χ4n) is 1.67. The molecule has 13 heavy (non-hydrogen) atoms. The molecule has 1 atom stereocenters. The van der Waals surface area contributed by atoms with Gasteiger partial charge in [-0.3, -0.25) is 4.79 Å². The van der Waals surface area contributed by atoms with Crippen LogP contribution in [0.3, 0.4) is 0 Å². The van der Waals surface area contributed by atoms with Crippen molar-refractivity contribution in [2.75, 3.05) is 0 Å². The van der Waals surface area contributed by atoms with Crippen molar-refractivity contribution in [2.45, 2.75) is 38.7 Å². The van der Waals surface area contributed by atoms with Gasteiger partial charge in [0.25, 0.3) is 0 Å². The van der Waals surface area contributed by atoms with Gasteiger partial charge in [-0.25, -0.2) is 0 Å². The SMILES string of the molecule is CCCC1(OC(C)=O)C=CC=CC1. The average molecular weight is 180 g/mol. The molecule has 1 rings (SSSR count). The quantitative estimate of drug-likeness (QED) is 0.624. The van der Waals surface area contributed by atoms with Crippen LogP contribution >= 0.6 is 0 Å². The summed E-state index contributed by atoms with van der Waals surface area (Å²) in [6, 6.07) is 0. The molecule has 72 valence electrons. The van der Waals surface area contributed by atoms with Crippen LogP contribution in [0.4, 0.5) is 0 Å². The van der Waals surface area contributed by atoms with Gasteiger partial charge in [0.05, 0.1) is 0 Å². The molecule has 0 spiro atoms. The summed E-state index contributed by atoms with van der Waals surface area (Å²) in [6.07, 6.45) is 10.7. The van der Waals surface area contributed by atoms with Crippen molar-refractivity contribution >= 4 is 5.97 Å². The molecule has 2 heteroatoms. The number of carbonyl (C=O) groups excluding carboxylic acids is 1. The Morgan fingerprint density at radius 2 is 2.31 bits per heavy atom. The van der Waals surface area contributed by atoms with E-state index in [0.29, 0.717) is 0 Å². The Balaban J connectivity index is 2.69. The maximum Gasteiger partial charge on any atom is 0.303 e. The van der Waals surface area contributed by atoms with Crippen molar-refractivity contribution in [3.05, 3.63) is 24.3 Å². The van der Waals surface area contributed by atoms with Gasteiger partial charge in [0.2, 0.25) is 0 Å². The summed E-state index contributed by atoms with van der Waals surface area (Å²) >= 11 is 0. The molecule has 0 amide bonds. The van der Waals surface area contributed by atoms with Gasteiger partial charge >= 0.3 is 5.97 Å². The minimum absolute atomic E-state index is 0.201. The Morgan fingerprint density at radius 1 is 1.54 bits per heavy atom. The fraction of sp³-hybridized carbons (Fsp3) is 0.545. The van der Waals surface area contributed by atoms with Crippen molar-refractivity contribution in [3.63, 3.8) is 0 Å². The third kappa shape index (κ3) is 2.72. The summed E-state index contributed by atoms with van der Waals surface area (Å²) in [5, 5.41) is 0. The lowest BCUT2D eigenvalue weighted by atomic mass is 9.90. The van der Waals surface area contributed by atoms with Crippen molar-refractivity contribution in [2.24, 2.45) is 0 Å². The first-order valence-corrected chi connectivity index (χ1v) is 4.72. The van der Waals surface area contributed by atoms with Crippen LogP contribution < -0.4 is 0 Å². The molecule has 0 aromatic rings. The van der Waals surface area contributed by atoms with E-state index >= 15 is 0 Å². The number of hydrogen-bond donors (Lipinski definition) is 0. The van der Waals surface area contributed by atoms with E-state index < -0.39 is 0 Å². The number of esters is 1. The lowest BCUT2D eigenvalue weighted by Gasteiger charge is -2.30. The lowest BCUT2D eigenvalue weighted by Crippen LogP contribution is -2.32. The predicted molar refractivity (Wildman–Crippen MR) is 52.3 cm³/mol. The summed E-state index contributed by atoms with van der Waals surface area (Å²) in [5.41, 5.74) is -0.366. The largest absolute Gasteiger partial charge is 0.455 e. The first-order chi connectivity index (χ1) is 6.18. The van der Waals surface area contributed by atoms with Gasteiger partial charge in [0, 0.05) is 13.3 Å². The highest BCUT2D eigenvalue weighted by Gasteiger charge is 2.29. The highest BCUT2D eigenvalue weighted by molar-refractivity contribution is 5.67. The molecule has 0 fully saturated rings. The van der Waals surface area contributed by atoms with Gasteiger partial charge in [0.1, 0.15) is 5.60 Å². The standard InChI is InChI=1S/C11H16O2/c1-3-7-11(13-10(2)12)8-5-4-6-9-11/h4-6,8H,3,7,9H2,1-2H3. The van der Waals surface area contributed by atoms with E-state index in [1.807, 2.05) is 24.3 Å². The Kier molecular flexibility index (Phi) is 3.29. The summed E-state index contributed by atoms with van der Waals surface area (Å²) < 4.78 is 5.34. The van der Waals surface area contributed by atoms with Crippen molar-refractivity contribution in [1.29, 1.82) is 0 Å². The summed E-state index contributed by atoms with van der Waals surface area (Å²) in [7, 11) is 0. The third-order valence-corrected chi connectivity index (χ3v) is 2.13. The number of rotatable bonds is 3. The first kappa shape index (κ1) is 10.0. The molecule has 0 aliphatic heterocycles. The third-order valence-electron chi connectivity index (χ3n) is 2.13. The molecule has 0 aromatic carbocycles. The highest BCUT2D eigenvalue weighted by atomic mass is 16.6. The normalized spacial score (nSPS) is 26.0. The minimum Gasteiger partial charge on any atom is -0.455 e. The van der Waals surface area contributed by atoms with E-state index in [-0.39, 0.29) is 11.6 Å². The zero-order valence-electron chi connectivity index (χ0n) is 8.25. The second-order valence-electron chi connectivity index (χ2n) is 3.40. The van der Waals surface area contributed by atoms with Crippen LogP contribution in [0, 0.1) is 0 Å². The van der Waals surface area contributed by atoms with E-state index in [1.54, 1.807) is 0 Å². The topological polar surface area (TPSA) is 26.3 Å². The molecular weight excluding hydrogens is 164 g/mol. The predicted octanol–water partition coefficient (Wildman–Crippen LogP) is 2.60. The van der Waals surface area contributed by atoms with Crippen LogP contribution in [0.1, 0.15) is 33.1 Å². The van der Waals surface area contributed by atoms with Gasteiger partial charge in [-0.1, -0.05) is 31.6 Å². The second kappa shape index (κ2) is 4.26. The van der Waals surface area contributed by atoms with Crippen LogP contribution in [-0.2, 0) is 9.53 Å². The number of carbonyl (C=O) groups is 1. The van der Waals surface area contributed by atoms with Crippen LogP contribution in [0.5, 0.6) is 0 Å². The average Bonchev–Trinajstić information content (AvgIpc) is 2.04. The molecule has 0 radical (unpaired) electrons. The van der Waals surface area contributed by atoms with Gasteiger partial charge in [-0.15, -0.1) is 0 Å². The molecule has 2 nitrogen and oxygen atoms in total. The smallest absolute Gasteiger partial charge is 0.303 e. The molecule has 1 unspecified atom stereocenters. The fourth-order valence-corrected chi connectivity index (χ4v) is 1.67. The first-order valence-electron chi connectivity index (χ1n) is 4.72. The summed E-state index contributed by atoms with van der Waals surface area (Å²) in [6.45, 7) is 3.56. The van der Waals surface area contributed by atoms with Crippen LogP contribution in [0.15, 0.2) is 24.3 Å². The Bertz CT molecular complexity index is 240. The van der Waals surface area contributed by atoms with Crippen LogP contribution in [-0.4, -0.2) is 11.6 Å². The molecule has 1 aliphatic rings. The Labute approximate surface area is 79.3 Å². The second-order valence-corrected chi connectivity index (χ2v) is 3.40. The van der Waals surface area contributed by atoms with Crippen molar-refractivity contribution < 1.29 is 9.53 Å². The van der Waals surface area contributed by atoms with Crippen molar-refractivity contribution in [3.8, 4) is 0 Å². The lowest BCUT2D eigenvalue weighted by molar-refractivity contribution is -0.152. The van der Waals surface area contributed by atoms with Crippen LogP contribution in [0.25, 0.3) is 0 Å². The summed E-state index contributed by atoms with van der Waals surface area (Å²) in [5.74, 6) is -0.201. The highest BCUT2D eigenvalue weighted by Crippen LogP contribution is 2.27. The van der Waals surface area contributed by atoms with Gasteiger partial charge in [-0.05, 0) is 12.5 Å². The molecular formula is C11H16O2. The van der Waals surface area contributed by atoms with E-state index in [4.69, 9.17) is 4.74 Å². The molecule has 0 bridgehead atoms. The Morgan fingerprint density at radius 3 is 2.77 bits per heavy atom. The Hall–Kier alpha value is -1.05. The van der Waals surface area contributed by atoms with E-state index in [2.05, 4.69) is 6.92 Å². The van der Waals surface area contributed by atoms with Crippen molar-refractivity contribution in [1.82, 2.24) is 0 Å².